The van der Waals surface area contributed by atoms with E-state index in [4.69, 9.17) is 28.9 Å². The summed E-state index contributed by atoms with van der Waals surface area (Å²) in [6.07, 6.45) is 0. The number of phenols is 1. The molecule has 0 aliphatic heterocycles. The van der Waals surface area contributed by atoms with Gasteiger partial charge in [-0.3, -0.25) is 5.32 Å². The summed E-state index contributed by atoms with van der Waals surface area (Å²) >= 11 is 11.2. The zero-order chi connectivity index (χ0) is 12.3. The summed E-state index contributed by atoms with van der Waals surface area (Å²) in [4.78, 5) is 21.4. The number of rotatable bonds is 1. The molecule has 1 aromatic carbocycles. The minimum Gasteiger partial charge on any atom is -0.505 e. The Bertz CT molecular complexity index is 427. The monoisotopic (exact) mass is 263 g/mol. The van der Waals surface area contributed by atoms with Gasteiger partial charge >= 0.3 is 12.1 Å². The first kappa shape index (κ1) is 12.4. The van der Waals surface area contributed by atoms with Crippen molar-refractivity contribution in [2.24, 2.45) is 5.73 Å². The lowest BCUT2D eigenvalue weighted by atomic mass is 10.3. The third-order valence-electron chi connectivity index (χ3n) is 1.51. The molecule has 4 amide bonds. The van der Waals surface area contributed by atoms with Crippen LogP contribution in [0, 0.1) is 0 Å². The topological polar surface area (TPSA) is 104 Å². The van der Waals surface area contributed by atoms with E-state index in [1.807, 2.05) is 0 Å². The first-order valence-electron chi connectivity index (χ1n) is 3.95. The van der Waals surface area contributed by atoms with Crippen LogP contribution in [0.2, 0.25) is 10.0 Å². The summed E-state index contributed by atoms with van der Waals surface area (Å²) in [7, 11) is 0. The highest BCUT2D eigenvalue weighted by Gasteiger charge is 2.09. The number of nitrogens with two attached hydrogens (primary N) is 1. The molecule has 5 N–H and O–H groups in total. The summed E-state index contributed by atoms with van der Waals surface area (Å²) < 4.78 is 0. The van der Waals surface area contributed by atoms with Gasteiger partial charge < -0.3 is 16.2 Å². The second-order valence-electron chi connectivity index (χ2n) is 2.73. The summed E-state index contributed by atoms with van der Waals surface area (Å²) in [6, 6.07) is 0.714. The molecule has 1 aromatic rings. The number of nitrogens with one attached hydrogen (secondary N) is 2. The number of imide groups is 1. The first-order valence-corrected chi connectivity index (χ1v) is 4.71. The predicted molar refractivity (Wildman–Crippen MR) is 59.9 cm³/mol. The van der Waals surface area contributed by atoms with E-state index in [1.165, 1.54) is 12.1 Å². The number of benzene rings is 1. The molecule has 0 fully saturated rings. The van der Waals surface area contributed by atoms with Crippen molar-refractivity contribution in [2.45, 2.75) is 0 Å². The van der Waals surface area contributed by atoms with Crippen LogP contribution in [0.4, 0.5) is 15.3 Å². The van der Waals surface area contributed by atoms with Crippen molar-refractivity contribution in [3.63, 3.8) is 0 Å². The van der Waals surface area contributed by atoms with E-state index in [1.54, 1.807) is 5.32 Å². The molecule has 6 nitrogen and oxygen atoms in total. The SMILES string of the molecule is NC(=O)NC(=O)Nc1cc(Cl)c(O)c(Cl)c1. The molecule has 0 aliphatic carbocycles. The maximum absolute atomic E-state index is 11.1. The lowest BCUT2D eigenvalue weighted by molar-refractivity contribution is 0.238. The largest absolute Gasteiger partial charge is 0.505 e. The summed E-state index contributed by atoms with van der Waals surface area (Å²) in [5.41, 5.74) is 4.94. The van der Waals surface area contributed by atoms with Crippen molar-refractivity contribution in [3.05, 3.63) is 22.2 Å². The van der Waals surface area contributed by atoms with Crippen LogP contribution in [0.5, 0.6) is 5.75 Å². The van der Waals surface area contributed by atoms with Crippen LogP contribution >= 0.6 is 23.2 Å². The smallest absolute Gasteiger partial charge is 0.327 e. The molecule has 1 rings (SSSR count). The molecule has 8 heteroatoms. The molecule has 0 radical (unpaired) electrons. The van der Waals surface area contributed by atoms with E-state index in [0.29, 0.717) is 0 Å². The van der Waals surface area contributed by atoms with Crippen LogP contribution in [0.25, 0.3) is 0 Å². The van der Waals surface area contributed by atoms with E-state index in [-0.39, 0.29) is 21.5 Å². The van der Waals surface area contributed by atoms with Gasteiger partial charge in [-0.15, -0.1) is 0 Å². The van der Waals surface area contributed by atoms with Gasteiger partial charge in [0.05, 0.1) is 10.0 Å². The van der Waals surface area contributed by atoms with Crippen LogP contribution in [0.1, 0.15) is 0 Å². The standard InChI is InChI=1S/C8H7Cl2N3O3/c9-4-1-3(2-5(10)6(4)14)12-8(16)13-7(11)15/h1-2,14H,(H4,11,12,13,15,16). The van der Waals surface area contributed by atoms with E-state index >= 15 is 0 Å². The first-order chi connectivity index (χ1) is 7.40. The van der Waals surface area contributed by atoms with Gasteiger partial charge in [-0.2, -0.15) is 0 Å². The number of amides is 4. The van der Waals surface area contributed by atoms with Crippen LogP contribution < -0.4 is 16.4 Å². The molecule has 0 spiro atoms. The van der Waals surface area contributed by atoms with E-state index in [9.17, 15) is 14.7 Å². The Balaban J connectivity index is 2.82. The minimum atomic E-state index is -0.992. The Hall–Kier alpha value is -1.66. The summed E-state index contributed by atoms with van der Waals surface area (Å²) in [5.74, 6) is -0.288. The van der Waals surface area contributed by atoms with Gasteiger partial charge in [0.25, 0.3) is 0 Å². The van der Waals surface area contributed by atoms with Crippen LogP contribution in [-0.2, 0) is 0 Å². The Morgan fingerprint density at radius 1 is 1.25 bits per heavy atom. The third kappa shape index (κ3) is 3.18. The number of halogens is 2. The minimum absolute atomic E-state index is 0.0260. The number of carbonyl (C=O) groups excluding carboxylic acids is 2. The lowest BCUT2D eigenvalue weighted by Crippen LogP contribution is -2.38. The number of phenolic OH excluding ortho intramolecular Hbond substituents is 1. The maximum Gasteiger partial charge on any atom is 0.327 e. The Labute approximate surface area is 100 Å². The highest BCUT2D eigenvalue weighted by atomic mass is 35.5. The number of hydrogen-bond acceptors (Lipinski definition) is 3. The fraction of sp³-hybridized carbons (Fsp3) is 0. The normalized spacial score (nSPS) is 9.62. The van der Waals surface area contributed by atoms with Gasteiger partial charge in [0.1, 0.15) is 0 Å². The lowest BCUT2D eigenvalue weighted by Gasteiger charge is -2.07. The second kappa shape index (κ2) is 4.91. The number of urea groups is 2. The molecule has 0 aliphatic rings. The van der Waals surface area contributed by atoms with Gasteiger partial charge in [0.15, 0.2) is 5.75 Å². The average molecular weight is 264 g/mol. The molecule has 0 unspecified atom stereocenters. The van der Waals surface area contributed by atoms with Crippen molar-refractivity contribution in [2.75, 3.05) is 5.32 Å². The van der Waals surface area contributed by atoms with Crippen LogP contribution in [-0.4, -0.2) is 17.2 Å². The van der Waals surface area contributed by atoms with Crippen LogP contribution in [0.3, 0.4) is 0 Å². The van der Waals surface area contributed by atoms with Gasteiger partial charge in [0, 0.05) is 5.69 Å². The molecule has 0 heterocycles. The van der Waals surface area contributed by atoms with Crippen molar-refractivity contribution >= 4 is 41.0 Å². The fourth-order valence-electron chi connectivity index (χ4n) is 0.912. The second-order valence-corrected chi connectivity index (χ2v) is 3.55. The molecule has 0 saturated heterocycles. The van der Waals surface area contributed by atoms with E-state index in [0.717, 1.165) is 0 Å². The van der Waals surface area contributed by atoms with Gasteiger partial charge in [-0.05, 0) is 12.1 Å². The molecule has 0 bridgehead atoms. The van der Waals surface area contributed by atoms with Crippen molar-refractivity contribution in [1.82, 2.24) is 5.32 Å². The quantitative estimate of drug-likeness (QED) is 0.582. The molecular weight excluding hydrogens is 257 g/mol. The maximum atomic E-state index is 11.1. The fourth-order valence-corrected chi connectivity index (χ4v) is 1.40. The zero-order valence-electron chi connectivity index (χ0n) is 7.75. The molecule has 16 heavy (non-hydrogen) atoms. The van der Waals surface area contributed by atoms with Gasteiger partial charge in [0.2, 0.25) is 0 Å². The highest BCUT2D eigenvalue weighted by Crippen LogP contribution is 2.34. The average Bonchev–Trinajstić information content (AvgIpc) is 2.12. The Morgan fingerprint density at radius 3 is 2.19 bits per heavy atom. The number of carbonyl (C=O) groups is 2. The number of aromatic hydroxyl groups is 1. The Kier molecular flexibility index (Phi) is 3.81. The molecule has 0 aromatic heterocycles. The Morgan fingerprint density at radius 2 is 1.75 bits per heavy atom. The summed E-state index contributed by atoms with van der Waals surface area (Å²) in [6.45, 7) is 0. The van der Waals surface area contributed by atoms with Gasteiger partial charge in [-0.1, -0.05) is 23.2 Å². The number of primary amides is 1. The van der Waals surface area contributed by atoms with E-state index in [2.05, 4.69) is 5.32 Å². The van der Waals surface area contributed by atoms with Crippen LogP contribution in [0.15, 0.2) is 12.1 Å². The van der Waals surface area contributed by atoms with Crippen molar-refractivity contribution < 1.29 is 14.7 Å². The zero-order valence-corrected chi connectivity index (χ0v) is 9.26. The predicted octanol–water partition coefficient (Wildman–Crippen LogP) is 1.90. The van der Waals surface area contributed by atoms with Gasteiger partial charge in [-0.25, -0.2) is 9.59 Å². The number of anilines is 1. The number of hydrogen-bond donors (Lipinski definition) is 4. The van der Waals surface area contributed by atoms with Crippen molar-refractivity contribution in [1.29, 1.82) is 0 Å². The summed E-state index contributed by atoms with van der Waals surface area (Å²) in [5, 5.41) is 13.2. The third-order valence-corrected chi connectivity index (χ3v) is 2.09. The van der Waals surface area contributed by atoms with E-state index < -0.39 is 12.1 Å². The highest BCUT2D eigenvalue weighted by molar-refractivity contribution is 6.37. The van der Waals surface area contributed by atoms with Crippen molar-refractivity contribution in [3.8, 4) is 5.75 Å². The molecule has 0 atom stereocenters. The molecular formula is C8H7Cl2N3O3. The molecule has 0 saturated carbocycles. The molecule has 86 valence electrons.